The second-order valence-electron chi connectivity index (χ2n) is 5.25. The Morgan fingerprint density at radius 2 is 2.05 bits per heavy atom. The molecule has 0 radical (unpaired) electrons. The van der Waals surface area contributed by atoms with E-state index < -0.39 is 24.9 Å². The van der Waals surface area contributed by atoms with Crippen LogP contribution in [-0.2, 0) is 11.3 Å². The fourth-order valence-corrected chi connectivity index (χ4v) is 3.12. The molecule has 1 aromatic heterocycles. The van der Waals surface area contributed by atoms with Gasteiger partial charge in [-0.05, 0) is 20.8 Å². The number of carbonyl (C=O) groups excluding carboxylic acids is 1. The topological polar surface area (TPSA) is 55.2 Å². The summed E-state index contributed by atoms with van der Waals surface area (Å²) >= 11 is 7.14. The van der Waals surface area contributed by atoms with Gasteiger partial charge in [0, 0.05) is 5.56 Å². The van der Waals surface area contributed by atoms with Crippen molar-refractivity contribution < 1.29 is 13.6 Å². The van der Waals surface area contributed by atoms with Crippen LogP contribution in [0, 0.1) is 13.8 Å². The standard InChI is InChI=1S/C13H16ClF2N3O2S/c1-7-11(22-8(2)14)17-9(3)19(12(7)21)4-10(20)18-5-13(15,16)6-18/h8H,4-6H2,1-3H3. The predicted molar refractivity (Wildman–Crippen MR) is 80.7 cm³/mol. The summed E-state index contributed by atoms with van der Waals surface area (Å²) in [5, 5.41) is 0.518. The van der Waals surface area contributed by atoms with E-state index in [0.717, 1.165) is 4.90 Å². The number of hydrogen-bond acceptors (Lipinski definition) is 4. The highest BCUT2D eigenvalue weighted by atomic mass is 35.5. The third-order valence-corrected chi connectivity index (χ3v) is 4.52. The van der Waals surface area contributed by atoms with Crippen molar-refractivity contribution in [3.8, 4) is 0 Å². The van der Waals surface area contributed by atoms with Crippen LogP contribution in [0.1, 0.15) is 18.3 Å². The van der Waals surface area contributed by atoms with Crippen molar-refractivity contribution in [1.29, 1.82) is 0 Å². The summed E-state index contributed by atoms with van der Waals surface area (Å²) in [5.41, 5.74) is 0.0396. The lowest BCUT2D eigenvalue weighted by atomic mass is 10.1. The van der Waals surface area contributed by atoms with Crippen LogP contribution in [0.5, 0.6) is 0 Å². The van der Waals surface area contributed by atoms with Crippen molar-refractivity contribution >= 4 is 29.3 Å². The average Bonchev–Trinajstić information content (AvgIpc) is 2.37. The van der Waals surface area contributed by atoms with E-state index in [0.29, 0.717) is 16.4 Å². The van der Waals surface area contributed by atoms with Gasteiger partial charge in [0.2, 0.25) is 5.91 Å². The van der Waals surface area contributed by atoms with Crippen molar-refractivity contribution in [3.63, 3.8) is 0 Å². The molecule has 1 saturated heterocycles. The summed E-state index contributed by atoms with van der Waals surface area (Å²) in [6.07, 6.45) is 0. The van der Waals surface area contributed by atoms with Crippen LogP contribution >= 0.6 is 23.4 Å². The number of rotatable bonds is 4. The average molecular weight is 352 g/mol. The van der Waals surface area contributed by atoms with Gasteiger partial charge in [-0.25, -0.2) is 13.8 Å². The molecule has 1 amide bonds. The van der Waals surface area contributed by atoms with E-state index in [1.807, 2.05) is 0 Å². The lowest BCUT2D eigenvalue weighted by molar-refractivity contribution is -0.166. The maximum atomic E-state index is 12.8. The summed E-state index contributed by atoms with van der Waals surface area (Å²) in [7, 11) is 0. The molecule has 1 atom stereocenters. The van der Waals surface area contributed by atoms with Gasteiger partial charge in [-0.1, -0.05) is 11.8 Å². The van der Waals surface area contributed by atoms with Crippen molar-refractivity contribution in [2.75, 3.05) is 13.1 Å². The van der Waals surface area contributed by atoms with Gasteiger partial charge in [-0.15, -0.1) is 11.6 Å². The molecule has 22 heavy (non-hydrogen) atoms. The van der Waals surface area contributed by atoms with Gasteiger partial charge in [0.05, 0.1) is 17.8 Å². The number of aryl methyl sites for hydroxylation is 1. The molecule has 0 spiro atoms. The number of alkyl halides is 3. The van der Waals surface area contributed by atoms with Gasteiger partial charge in [0.25, 0.3) is 11.5 Å². The normalized spacial score (nSPS) is 18.0. The molecule has 1 unspecified atom stereocenters. The monoisotopic (exact) mass is 351 g/mol. The lowest BCUT2D eigenvalue weighted by Gasteiger charge is -2.38. The molecule has 0 aliphatic carbocycles. The van der Waals surface area contributed by atoms with E-state index in [9.17, 15) is 18.4 Å². The molecule has 0 saturated carbocycles. The van der Waals surface area contributed by atoms with Crippen LogP contribution in [-0.4, -0.2) is 44.1 Å². The van der Waals surface area contributed by atoms with Crippen molar-refractivity contribution in [1.82, 2.24) is 14.5 Å². The minimum absolute atomic E-state index is 0.245. The van der Waals surface area contributed by atoms with E-state index in [1.165, 1.54) is 16.3 Å². The molecule has 1 aliphatic heterocycles. The van der Waals surface area contributed by atoms with Crippen LogP contribution in [0.2, 0.25) is 0 Å². The SMILES string of the molecule is Cc1c(SC(C)Cl)nc(C)n(CC(=O)N2CC(F)(F)C2)c1=O. The molecule has 1 fully saturated rings. The Bertz CT molecular complexity index is 655. The predicted octanol–water partition coefficient (Wildman–Crippen LogP) is 2.01. The van der Waals surface area contributed by atoms with Crippen molar-refractivity contribution in [2.24, 2.45) is 0 Å². The molecule has 9 heteroatoms. The fourth-order valence-electron chi connectivity index (χ4n) is 2.11. The molecule has 2 heterocycles. The molecule has 0 bridgehead atoms. The zero-order chi connectivity index (χ0) is 16.7. The second kappa shape index (κ2) is 6.16. The third-order valence-electron chi connectivity index (χ3n) is 3.31. The van der Waals surface area contributed by atoms with Crippen LogP contribution in [0.4, 0.5) is 8.78 Å². The smallest absolute Gasteiger partial charge is 0.282 e. The maximum absolute atomic E-state index is 12.8. The number of amides is 1. The summed E-state index contributed by atoms with van der Waals surface area (Å²) < 4.78 is 26.5. The Labute approximate surface area is 135 Å². The highest BCUT2D eigenvalue weighted by Gasteiger charge is 2.46. The minimum Gasteiger partial charge on any atom is -0.329 e. The molecule has 1 aromatic rings. The number of hydrogen-bond donors (Lipinski definition) is 0. The largest absolute Gasteiger partial charge is 0.329 e. The number of thioether (sulfide) groups is 1. The first-order chi connectivity index (χ1) is 10.1. The van der Waals surface area contributed by atoms with Gasteiger partial charge in [0.1, 0.15) is 17.4 Å². The maximum Gasteiger partial charge on any atom is 0.282 e. The first-order valence-electron chi connectivity index (χ1n) is 6.65. The van der Waals surface area contributed by atoms with Gasteiger partial charge in [-0.2, -0.15) is 0 Å². The summed E-state index contributed by atoms with van der Waals surface area (Å²) in [6, 6.07) is 0. The Hall–Kier alpha value is -1.15. The van der Waals surface area contributed by atoms with E-state index in [-0.39, 0.29) is 16.8 Å². The third kappa shape index (κ3) is 3.60. The Kier molecular flexibility index (Phi) is 4.81. The van der Waals surface area contributed by atoms with Gasteiger partial charge >= 0.3 is 0 Å². The summed E-state index contributed by atoms with van der Waals surface area (Å²) in [6.45, 7) is 3.50. The first-order valence-corrected chi connectivity index (χ1v) is 7.97. The van der Waals surface area contributed by atoms with Crippen LogP contribution in [0.25, 0.3) is 0 Å². The van der Waals surface area contributed by atoms with Crippen LogP contribution in [0.3, 0.4) is 0 Å². The van der Waals surface area contributed by atoms with Crippen molar-refractivity contribution in [2.45, 2.75) is 43.0 Å². The molecule has 1 aliphatic rings. The lowest BCUT2D eigenvalue weighted by Crippen LogP contribution is -2.59. The number of aromatic nitrogens is 2. The molecule has 2 rings (SSSR count). The van der Waals surface area contributed by atoms with E-state index in [1.54, 1.807) is 20.8 Å². The van der Waals surface area contributed by atoms with E-state index in [2.05, 4.69) is 4.98 Å². The highest BCUT2D eigenvalue weighted by molar-refractivity contribution is 8.01. The summed E-state index contributed by atoms with van der Waals surface area (Å²) in [4.78, 5) is 29.6. The van der Waals surface area contributed by atoms with Gasteiger partial charge < -0.3 is 4.90 Å². The van der Waals surface area contributed by atoms with Crippen LogP contribution < -0.4 is 5.56 Å². The fraction of sp³-hybridized carbons (Fsp3) is 0.615. The van der Waals surface area contributed by atoms with Crippen molar-refractivity contribution in [3.05, 3.63) is 21.7 Å². The number of likely N-dealkylation sites (tertiary alicyclic amines) is 1. The Morgan fingerprint density at radius 1 is 1.45 bits per heavy atom. The molecule has 0 N–H and O–H groups in total. The number of halogens is 3. The second-order valence-corrected chi connectivity index (χ2v) is 7.49. The van der Waals surface area contributed by atoms with E-state index in [4.69, 9.17) is 11.6 Å². The van der Waals surface area contributed by atoms with Gasteiger partial charge in [0.15, 0.2) is 0 Å². The number of carbonyl (C=O) groups is 1. The molecule has 122 valence electrons. The highest BCUT2D eigenvalue weighted by Crippen LogP contribution is 2.27. The van der Waals surface area contributed by atoms with Gasteiger partial charge in [-0.3, -0.25) is 14.2 Å². The molecular formula is C13H16ClF2N3O2S. The molecular weight excluding hydrogens is 336 g/mol. The zero-order valence-corrected chi connectivity index (χ0v) is 14.0. The summed E-state index contributed by atoms with van der Waals surface area (Å²) in [5.74, 6) is -2.97. The first kappa shape index (κ1) is 17.2. The quantitative estimate of drug-likeness (QED) is 0.473. The molecule has 5 nitrogen and oxygen atoms in total. The zero-order valence-electron chi connectivity index (χ0n) is 12.4. The Balaban J connectivity index is 2.20. The van der Waals surface area contributed by atoms with Crippen LogP contribution in [0.15, 0.2) is 9.82 Å². The Morgan fingerprint density at radius 3 is 2.55 bits per heavy atom. The minimum atomic E-state index is -2.82. The molecule has 0 aromatic carbocycles. The number of nitrogens with zero attached hydrogens (tertiary/aromatic N) is 3. The van der Waals surface area contributed by atoms with E-state index >= 15 is 0 Å².